The first-order valence-electron chi connectivity index (χ1n) is 10.6. The van der Waals surface area contributed by atoms with Crippen LogP contribution < -0.4 is 5.56 Å². The number of carbonyl (C=O) groups excluding carboxylic acids is 1. The van der Waals surface area contributed by atoms with E-state index >= 15 is 0 Å². The van der Waals surface area contributed by atoms with Gasteiger partial charge in [0.1, 0.15) is 10.7 Å². The standard InChI is InChI=1S/C24H24N4O2S2/c1-15-5-7-17(8-6-15)20-16(2)32-23-21(20)22(29)25-19(26-23)14-27-9-11-28(12-10-27)24(30)18-4-3-13-31-18/h3-8,13H,9-12,14H2,1-2H3,(H,25,26,29). The minimum atomic E-state index is -0.0866. The van der Waals surface area contributed by atoms with Crippen molar-refractivity contribution in [2.75, 3.05) is 26.2 Å². The van der Waals surface area contributed by atoms with Crippen LogP contribution in [0.3, 0.4) is 0 Å². The van der Waals surface area contributed by atoms with E-state index in [0.717, 1.165) is 38.8 Å². The van der Waals surface area contributed by atoms with Gasteiger partial charge in [0, 0.05) is 36.6 Å². The molecule has 0 spiro atoms. The van der Waals surface area contributed by atoms with Gasteiger partial charge in [-0.1, -0.05) is 35.9 Å². The van der Waals surface area contributed by atoms with Crippen LogP contribution in [0.1, 0.15) is 25.9 Å². The molecule has 3 aromatic heterocycles. The quantitative estimate of drug-likeness (QED) is 0.489. The van der Waals surface area contributed by atoms with E-state index in [2.05, 4.69) is 41.1 Å². The molecule has 0 unspecified atom stereocenters. The Morgan fingerprint density at radius 3 is 2.53 bits per heavy atom. The van der Waals surface area contributed by atoms with Gasteiger partial charge in [-0.05, 0) is 30.9 Å². The zero-order valence-electron chi connectivity index (χ0n) is 18.1. The van der Waals surface area contributed by atoms with Gasteiger partial charge in [0.2, 0.25) is 0 Å². The van der Waals surface area contributed by atoms with E-state index in [0.29, 0.717) is 30.8 Å². The van der Waals surface area contributed by atoms with Gasteiger partial charge >= 0.3 is 0 Å². The molecule has 0 radical (unpaired) electrons. The lowest BCUT2D eigenvalue weighted by Gasteiger charge is -2.34. The van der Waals surface area contributed by atoms with E-state index in [1.54, 1.807) is 11.3 Å². The Morgan fingerprint density at radius 2 is 1.84 bits per heavy atom. The largest absolute Gasteiger partial charge is 0.335 e. The topological polar surface area (TPSA) is 69.3 Å². The summed E-state index contributed by atoms with van der Waals surface area (Å²) in [5.74, 6) is 0.780. The Balaban J connectivity index is 1.33. The smallest absolute Gasteiger partial charge is 0.264 e. The summed E-state index contributed by atoms with van der Waals surface area (Å²) >= 11 is 3.05. The second-order valence-corrected chi connectivity index (χ2v) is 10.3. The zero-order valence-corrected chi connectivity index (χ0v) is 19.7. The van der Waals surface area contributed by atoms with Crippen molar-refractivity contribution < 1.29 is 4.79 Å². The van der Waals surface area contributed by atoms with Crippen molar-refractivity contribution in [1.29, 1.82) is 0 Å². The summed E-state index contributed by atoms with van der Waals surface area (Å²) in [6.45, 7) is 7.56. The lowest BCUT2D eigenvalue weighted by molar-refractivity contribution is 0.0630. The average molecular weight is 465 g/mol. The van der Waals surface area contributed by atoms with Crippen LogP contribution in [-0.2, 0) is 6.54 Å². The molecule has 0 aliphatic carbocycles. The SMILES string of the molecule is Cc1ccc(-c2c(C)sc3nc(CN4CCN(C(=O)c5cccs5)CC4)[nH]c(=O)c23)cc1. The van der Waals surface area contributed by atoms with E-state index in [4.69, 9.17) is 4.98 Å². The lowest BCUT2D eigenvalue weighted by atomic mass is 10.0. The van der Waals surface area contributed by atoms with Gasteiger partial charge in [-0.3, -0.25) is 14.5 Å². The Hall–Kier alpha value is -2.81. The van der Waals surface area contributed by atoms with Crippen molar-refractivity contribution in [3.63, 3.8) is 0 Å². The van der Waals surface area contributed by atoms with Crippen molar-refractivity contribution in [2.45, 2.75) is 20.4 Å². The summed E-state index contributed by atoms with van der Waals surface area (Å²) in [7, 11) is 0. The van der Waals surface area contributed by atoms with Gasteiger partial charge in [-0.25, -0.2) is 4.98 Å². The van der Waals surface area contributed by atoms with Crippen molar-refractivity contribution in [3.8, 4) is 11.1 Å². The fourth-order valence-corrected chi connectivity index (χ4v) is 5.94. The van der Waals surface area contributed by atoms with E-state index in [1.807, 2.05) is 29.3 Å². The maximum atomic E-state index is 13.0. The monoisotopic (exact) mass is 464 g/mol. The summed E-state index contributed by atoms with van der Waals surface area (Å²) in [5, 5.41) is 2.60. The molecular formula is C24H24N4O2S2. The number of aromatic amines is 1. The number of aromatic nitrogens is 2. The number of thiophene rings is 2. The van der Waals surface area contributed by atoms with Crippen LogP contribution in [-0.4, -0.2) is 51.9 Å². The van der Waals surface area contributed by atoms with Crippen LogP contribution >= 0.6 is 22.7 Å². The summed E-state index contributed by atoms with van der Waals surface area (Å²) in [6, 6.07) is 12.0. The molecule has 1 saturated heterocycles. The highest BCUT2D eigenvalue weighted by molar-refractivity contribution is 7.19. The second-order valence-electron chi connectivity index (χ2n) is 8.14. The summed E-state index contributed by atoms with van der Waals surface area (Å²) in [5.41, 5.74) is 3.13. The first kappa shape index (κ1) is 21.1. The molecule has 1 fully saturated rings. The molecule has 4 aromatic rings. The predicted molar refractivity (Wildman–Crippen MR) is 131 cm³/mol. The second kappa shape index (κ2) is 8.61. The number of H-pyrrole nitrogens is 1. The van der Waals surface area contributed by atoms with Gasteiger partial charge in [0.25, 0.3) is 11.5 Å². The van der Waals surface area contributed by atoms with Crippen molar-refractivity contribution in [3.05, 3.63) is 73.3 Å². The Labute approximate surface area is 194 Å². The fourth-order valence-electron chi connectivity index (χ4n) is 4.18. The van der Waals surface area contributed by atoms with Gasteiger partial charge in [0.05, 0.1) is 16.8 Å². The molecular weight excluding hydrogens is 440 g/mol. The number of fused-ring (bicyclic) bond motifs is 1. The van der Waals surface area contributed by atoms with Crippen molar-refractivity contribution in [1.82, 2.24) is 19.8 Å². The third-order valence-corrected chi connectivity index (χ3v) is 7.75. The van der Waals surface area contributed by atoms with E-state index < -0.39 is 0 Å². The van der Waals surface area contributed by atoms with Gasteiger partial charge in [-0.2, -0.15) is 0 Å². The van der Waals surface area contributed by atoms with Crippen molar-refractivity contribution in [2.24, 2.45) is 0 Å². The molecule has 164 valence electrons. The number of hydrogen-bond acceptors (Lipinski definition) is 6. The fraction of sp³-hybridized carbons (Fsp3) is 0.292. The first-order valence-corrected chi connectivity index (χ1v) is 12.3. The molecule has 0 bridgehead atoms. The number of aryl methyl sites for hydroxylation is 2. The minimum Gasteiger partial charge on any atom is -0.335 e. The van der Waals surface area contributed by atoms with Crippen LogP contribution in [0.25, 0.3) is 21.3 Å². The number of amides is 1. The molecule has 1 aromatic carbocycles. The van der Waals surface area contributed by atoms with Crippen LogP contribution in [0.5, 0.6) is 0 Å². The molecule has 1 aliphatic heterocycles. The molecule has 32 heavy (non-hydrogen) atoms. The third-order valence-electron chi connectivity index (χ3n) is 5.89. The zero-order chi connectivity index (χ0) is 22.2. The number of rotatable bonds is 4. The van der Waals surface area contributed by atoms with E-state index in [1.165, 1.54) is 16.9 Å². The van der Waals surface area contributed by atoms with Crippen LogP contribution in [0.2, 0.25) is 0 Å². The first-order chi connectivity index (χ1) is 15.5. The van der Waals surface area contributed by atoms with Crippen LogP contribution in [0, 0.1) is 13.8 Å². The summed E-state index contributed by atoms with van der Waals surface area (Å²) < 4.78 is 0. The molecule has 0 atom stereocenters. The summed E-state index contributed by atoms with van der Waals surface area (Å²) in [4.78, 5) is 40.2. The number of hydrogen-bond donors (Lipinski definition) is 1. The highest BCUT2D eigenvalue weighted by atomic mass is 32.1. The summed E-state index contributed by atoms with van der Waals surface area (Å²) in [6.07, 6.45) is 0. The van der Waals surface area contributed by atoms with Crippen LogP contribution in [0.4, 0.5) is 0 Å². The maximum Gasteiger partial charge on any atom is 0.264 e. The highest BCUT2D eigenvalue weighted by Crippen LogP contribution is 2.35. The Morgan fingerprint density at radius 1 is 1.09 bits per heavy atom. The average Bonchev–Trinajstić information content (AvgIpc) is 3.42. The maximum absolute atomic E-state index is 13.0. The molecule has 0 saturated carbocycles. The molecule has 1 N–H and O–H groups in total. The molecule has 4 heterocycles. The minimum absolute atomic E-state index is 0.0866. The van der Waals surface area contributed by atoms with Crippen LogP contribution in [0.15, 0.2) is 46.6 Å². The number of nitrogens with one attached hydrogen (secondary N) is 1. The Kier molecular flexibility index (Phi) is 5.67. The number of benzene rings is 1. The third kappa shape index (κ3) is 4.01. The van der Waals surface area contributed by atoms with E-state index in [-0.39, 0.29) is 11.5 Å². The van der Waals surface area contributed by atoms with Gasteiger partial charge < -0.3 is 9.88 Å². The van der Waals surface area contributed by atoms with Gasteiger partial charge in [0.15, 0.2) is 0 Å². The molecule has 6 nitrogen and oxygen atoms in total. The number of piperazine rings is 1. The molecule has 5 rings (SSSR count). The predicted octanol–water partition coefficient (Wildman–Crippen LogP) is 4.29. The number of nitrogens with zero attached hydrogens (tertiary/aromatic N) is 3. The Bertz CT molecular complexity index is 1310. The molecule has 8 heteroatoms. The van der Waals surface area contributed by atoms with Gasteiger partial charge in [-0.15, -0.1) is 22.7 Å². The highest BCUT2D eigenvalue weighted by Gasteiger charge is 2.24. The number of carbonyl (C=O) groups is 1. The lowest BCUT2D eigenvalue weighted by Crippen LogP contribution is -2.48. The molecule has 1 aliphatic rings. The normalized spacial score (nSPS) is 14.9. The molecule has 1 amide bonds. The van der Waals surface area contributed by atoms with E-state index in [9.17, 15) is 9.59 Å². The van der Waals surface area contributed by atoms with Crippen molar-refractivity contribution >= 4 is 38.8 Å².